The summed E-state index contributed by atoms with van der Waals surface area (Å²) in [5.41, 5.74) is 2.96. The Labute approximate surface area is 95.2 Å². The molecule has 0 atom stereocenters. The minimum Gasteiger partial charge on any atom is -0.260 e. The van der Waals surface area contributed by atoms with E-state index in [-0.39, 0.29) is 0 Å². The lowest BCUT2D eigenvalue weighted by molar-refractivity contribution is 0.913. The highest BCUT2D eigenvalue weighted by Gasteiger charge is 1.97. The molecule has 0 radical (unpaired) electrons. The van der Waals surface area contributed by atoms with E-state index in [9.17, 15) is 0 Å². The standard InChI is InChI=1S/C14H12N2/c15-10-13-7-9-14(16-11-13)8-6-12-4-2-1-3-5-12/h1-5,7,9,11H,6,8H2. The maximum atomic E-state index is 8.65. The van der Waals surface area contributed by atoms with Crippen LogP contribution < -0.4 is 0 Å². The number of hydrogen-bond acceptors (Lipinski definition) is 2. The zero-order chi connectivity index (χ0) is 11.2. The van der Waals surface area contributed by atoms with Crippen molar-refractivity contribution in [2.24, 2.45) is 0 Å². The van der Waals surface area contributed by atoms with Crippen LogP contribution in [-0.2, 0) is 12.8 Å². The van der Waals surface area contributed by atoms with Crippen LogP contribution in [0.25, 0.3) is 0 Å². The summed E-state index contributed by atoms with van der Waals surface area (Å²) in [4.78, 5) is 4.24. The van der Waals surface area contributed by atoms with Gasteiger partial charge < -0.3 is 0 Å². The topological polar surface area (TPSA) is 36.7 Å². The first-order valence-corrected chi connectivity index (χ1v) is 5.27. The van der Waals surface area contributed by atoms with Gasteiger partial charge in [-0.25, -0.2) is 0 Å². The van der Waals surface area contributed by atoms with Crippen molar-refractivity contribution in [3.05, 3.63) is 65.5 Å². The molecule has 0 saturated carbocycles. The van der Waals surface area contributed by atoms with Crippen molar-refractivity contribution < 1.29 is 0 Å². The molecule has 0 bridgehead atoms. The highest BCUT2D eigenvalue weighted by atomic mass is 14.7. The van der Waals surface area contributed by atoms with Crippen molar-refractivity contribution in [2.75, 3.05) is 0 Å². The molecule has 2 rings (SSSR count). The normalized spacial score (nSPS) is 9.69. The molecule has 78 valence electrons. The fraction of sp³-hybridized carbons (Fsp3) is 0.143. The van der Waals surface area contributed by atoms with Gasteiger partial charge in [0.15, 0.2) is 0 Å². The van der Waals surface area contributed by atoms with Crippen LogP contribution in [0.5, 0.6) is 0 Å². The number of hydrogen-bond donors (Lipinski definition) is 0. The van der Waals surface area contributed by atoms with Crippen molar-refractivity contribution in [2.45, 2.75) is 12.8 Å². The Bertz CT molecular complexity index is 480. The molecule has 2 heteroatoms. The summed E-state index contributed by atoms with van der Waals surface area (Å²) in [5, 5.41) is 8.65. The molecule has 0 fully saturated rings. The van der Waals surface area contributed by atoms with E-state index in [0.717, 1.165) is 18.5 Å². The van der Waals surface area contributed by atoms with E-state index in [1.807, 2.05) is 30.3 Å². The number of nitriles is 1. The largest absolute Gasteiger partial charge is 0.260 e. The lowest BCUT2D eigenvalue weighted by Crippen LogP contribution is -1.94. The second-order valence-electron chi connectivity index (χ2n) is 3.64. The molecular formula is C14H12N2. The monoisotopic (exact) mass is 208 g/mol. The minimum atomic E-state index is 0.614. The van der Waals surface area contributed by atoms with E-state index in [1.165, 1.54) is 5.56 Å². The smallest absolute Gasteiger partial charge is 0.101 e. The van der Waals surface area contributed by atoms with Gasteiger partial charge >= 0.3 is 0 Å². The second-order valence-corrected chi connectivity index (χ2v) is 3.64. The highest BCUT2D eigenvalue weighted by molar-refractivity contribution is 5.26. The third kappa shape index (κ3) is 2.68. The maximum Gasteiger partial charge on any atom is 0.101 e. The molecule has 16 heavy (non-hydrogen) atoms. The first kappa shape index (κ1) is 10.4. The molecule has 1 heterocycles. The minimum absolute atomic E-state index is 0.614. The van der Waals surface area contributed by atoms with E-state index >= 15 is 0 Å². The van der Waals surface area contributed by atoms with Crippen LogP contribution in [0.1, 0.15) is 16.8 Å². The van der Waals surface area contributed by atoms with Gasteiger partial charge in [-0.3, -0.25) is 4.98 Å². The molecule has 0 N–H and O–H groups in total. The summed E-state index contributed by atoms with van der Waals surface area (Å²) in [6, 6.07) is 16.1. The Balaban J connectivity index is 1.98. The number of nitrogens with zero attached hydrogens (tertiary/aromatic N) is 2. The van der Waals surface area contributed by atoms with Crippen LogP contribution >= 0.6 is 0 Å². The van der Waals surface area contributed by atoms with Crippen LogP contribution in [0.4, 0.5) is 0 Å². The van der Waals surface area contributed by atoms with Crippen molar-refractivity contribution >= 4 is 0 Å². The van der Waals surface area contributed by atoms with Crippen LogP contribution in [0.15, 0.2) is 48.7 Å². The quantitative estimate of drug-likeness (QED) is 0.777. The van der Waals surface area contributed by atoms with Gasteiger partial charge in [0.2, 0.25) is 0 Å². The van der Waals surface area contributed by atoms with Crippen LogP contribution in [0.3, 0.4) is 0 Å². The van der Waals surface area contributed by atoms with Gasteiger partial charge in [-0.2, -0.15) is 5.26 Å². The van der Waals surface area contributed by atoms with E-state index in [4.69, 9.17) is 5.26 Å². The average Bonchev–Trinajstić information content (AvgIpc) is 2.38. The SMILES string of the molecule is N#Cc1ccc(CCc2ccccc2)nc1. The fourth-order valence-corrected chi connectivity index (χ4v) is 1.56. The lowest BCUT2D eigenvalue weighted by atomic mass is 10.1. The van der Waals surface area contributed by atoms with E-state index in [0.29, 0.717) is 5.56 Å². The van der Waals surface area contributed by atoms with Crippen molar-refractivity contribution in [3.63, 3.8) is 0 Å². The molecule has 2 aromatic rings. The third-order valence-corrected chi connectivity index (χ3v) is 2.47. The predicted octanol–water partition coefficient (Wildman–Crippen LogP) is 2.74. The van der Waals surface area contributed by atoms with Gasteiger partial charge in [-0.05, 0) is 30.5 Å². The number of aryl methyl sites for hydroxylation is 2. The predicted molar refractivity (Wildman–Crippen MR) is 62.8 cm³/mol. The van der Waals surface area contributed by atoms with Gasteiger partial charge in [-0.1, -0.05) is 30.3 Å². The summed E-state index contributed by atoms with van der Waals surface area (Å²) in [6.07, 6.45) is 3.52. The average molecular weight is 208 g/mol. The molecule has 0 aliphatic carbocycles. The van der Waals surface area contributed by atoms with Crippen molar-refractivity contribution in [3.8, 4) is 6.07 Å². The number of rotatable bonds is 3. The fourth-order valence-electron chi connectivity index (χ4n) is 1.56. The van der Waals surface area contributed by atoms with E-state index in [1.54, 1.807) is 6.20 Å². The van der Waals surface area contributed by atoms with Gasteiger partial charge in [-0.15, -0.1) is 0 Å². The van der Waals surface area contributed by atoms with Gasteiger partial charge in [0, 0.05) is 11.9 Å². The Hall–Kier alpha value is -2.14. The number of pyridine rings is 1. The Morgan fingerprint density at radius 3 is 2.44 bits per heavy atom. The lowest BCUT2D eigenvalue weighted by Gasteiger charge is -2.01. The summed E-state index contributed by atoms with van der Waals surface area (Å²) in [6.45, 7) is 0. The van der Waals surface area contributed by atoms with E-state index in [2.05, 4.69) is 23.2 Å². The van der Waals surface area contributed by atoms with E-state index < -0.39 is 0 Å². The molecular weight excluding hydrogens is 196 g/mol. The zero-order valence-corrected chi connectivity index (χ0v) is 8.93. The zero-order valence-electron chi connectivity index (χ0n) is 8.93. The maximum absolute atomic E-state index is 8.65. The third-order valence-electron chi connectivity index (χ3n) is 2.47. The number of benzene rings is 1. The molecule has 0 saturated heterocycles. The molecule has 0 spiro atoms. The molecule has 0 unspecified atom stereocenters. The van der Waals surface area contributed by atoms with Crippen LogP contribution in [-0.4, -0.2) is 4.98 Å². The highest BCUT2D eigenvalue weighted by Crippen LogP contribution is 2.05. The summed E-state index contributed by atoms with van der Waals surface area (Å²) in [5.74, 6) is 0. The molecule has 2 nitrogen and oxygen atoms in total. The summed E-state index contributed by atoms with van der Waals surface area (Å²) < 4.78 is 0. The molecule has 1 aromatic heterocycles. The molecule has 0 aliphatic rings. The van der Waals surface area contributed by atoms with Gasteiger partial charge in [0.25, 0.3) is 0 Å². The van der Waals surface area contributed by atoms with Crippen LogP contribution in [0, 0.1) is 11.3 Å². The Kier molecular flexibility index (Phi) is 3.30. The Morgan fingerprint density at radius 2 is 1.81 bits per heavy atom. The number of aromatic nitrogens is 1. The summed E-state index contributed by atoms with van der Waals surface area (Å²) >= 11 is 0. The Morgan fingerprint density at radius 1 is 1.00 bits per heavy atom. The van der Waals surface area contributed by atoms with Crippen LogP contribution in [0.2, 0.25) is 0 Å². The summed E-state index contributed by atoms with van der Waals surface area (Å²) in [7, 11) is 0. The second kappa shape index (κ2) is 5.09. The first-order valence-electron chi connectivity index (χ1n) is 5.27. The molecule has 0 amide bonds. The molecule has 0 aliphatic heterocycles. The van der Waals surface area contributed by atoms with Crippen molar-refractivity contribution in [1.29, 1.82) is 5.26 Å². The van der Waals surface area contributed by atoms with Gasteiger partial charge in [0.1, 0.15) is 6.07 Å². The first-order chi connectivity index (χ1) is 7.88. The molecule has 1 aromatic carbocycles. The van der Waals surface area contributed by atoms with Gasteiger partial charge in [0.05, 0.1) is 5.56 Å². The van der Waals surface area contributed by atoms with Crippen molar-refractivity contribution in [1.82, 2.24) is 4.98 Å².